The van der Waals surface area contributed by atoms with E-state index in [0.29, 0.717) is 6.92 Å². The van der Waals surface area contributed by atoms with E-state index in [1.165, 1.54) is 0 Å². The lowest BCUT2D eigenvalue weighted by Gasteiger charge is -2.39. The van der Waals surface area contributed by atoms with Crippen LogP contribution >= 0.6 is 11.8 Å². The van der Waals surface area contributed by atoms with Crippen LogP contribution in [0.4, 0.5) is 22.0 Å². The third kappa shape index (κ3) is 9.00. The number of amides is 1. The van der Waals surface area contributed by atoms with Gasteiger partial charge in [0, 0.05) is 75.5 Å². The van der Waals surface area contributed by atoms with E-state index in [4.69, 9.17) is 32.9 Å². The van der Waals surface area contributed by atoms with Gasteiger partial charge in [0.1, 0.15) is 6.50 Å². The number of halogens is 5. The largest absolute Gasteiger partial charge is 0.416 e. The molecule has 278 valence electrons. The average Bonchev–Trinajstić information content (AvgIpc) is 0.662. The number of hydrogen-bond acceptors (Lipinski definition) is 5. The predicted octanol–water partition coefficient (Wildman–Crippen LogP) is 8.71. The van der Waals surface area contributed by atoms with Gasteiger partial charge in [-0.05, 0) is 72.1 Å². The lowest BCUT2D eigenvalue weighted by atomic mass is 9.97. The minimum absolute atomic E-state index is 0.444. The van der Waals surface area contributed by atoms with Crippen molar-refractivity contribution in [3.8, 4) is 11.1 Å². The fourth-order valence-corrected chi connectivity index (χ4v) is 4.82. The van der Waals surface area contributed by atoms with Crippen molar-refractivity contribution in [3.63, 3.8) is 0 Å². The van der Waals surface area contributed by atoms with Crippen LogP contribution in [-0.2, 0) is 34.4 Å². The molecule has 4 aromatic carbocycles. The second kappa shape index (κ2) is 16.7. The van der Waals surface area contributed by atoms with Crippen LogP contribution in [0, 0.1) is 18.6 Å². The second-order valence-electron chi connectivity index (χ2n) is 10.1. The van der Waals surface area contributed by atoms with Gasteiger partial charge < -0.3 is 19.1 Å². The van der Waals surface area contributed by atoms with E-state index in [2.05, 4.69) is 4.74 Å². The van der Waals surface area contributed by atoms with E-state index in [1.807, 2.05) is 0 Å². The fourth-order valence-electron chi connectivity index (χ4n) is 4.11. The van der Waals surface area contributed by atoms with Gasteiger partial charge in [0.2, 0.25) is 5.91 Å². The number of likely N-dealkylation sites (tertiary alicyclic amines) is 1. The summed E-state index contributed by atoms with van der Waals surface area (Å²) in [6, 6.07) is -30.2. The van der Waals surface area contributed by atoms with Gasteiger partial charge >= 0.3 is 6.18 Å². The molecule has 12 heteroatoms. The van der Waals surface area contributed by atoms with E-state index in [9.17, 15) is 30.3 Å². The molecule has 1 aromatic heterocycles. The number of ether oxygens (including phenoxy) is 1. The molecule has 0 N–H and O–H groups in total. The summed E-state index contributed by atoms with van der Waals surface area (Å²) in [7, 11) is -3.38. The summed E-state index contributed by atoms with van der Waals surface area (Å²) in [5.41, 5.74) is -17.7. The monoisotopic (exact) mass is 782 g/mol. The molecule has 0 spiro atoms. The first-order valence-electron chi connectivity index (χ1n) is 30.9. The first-order chi connectivity index (χ1) is 38.5. The van der Waals surface area contributed by atoms with Crippen LogP contribution in [0.3, 0.4) is 0 Å². The zero-order valence-electron chi connectivity index (χ0n) is 59.3. The molecular weight excluding hydrogens is 710 g/mol. The molecule has 6 nitrogen and oxygen atoms in total. The highest BCUT2D eigenvalue weighted by Crippen LogP contribution is 2.32. The Morgan fingerprint density at radius 3 is 2.49 bits per heavy atom. The number of methoxy groups -OCH3 is 1. The zero-order valence-corrected chi connectivity index (χ0v) is 27.1. The standard InChI is InChI=1S/C41H40F5N3O3S/c1-27-22-29(28-12-14-32(15-13-28)41(44,45)46)10-11-30(27)24-48(33-16-18-47(19-17-33)20-21-52-2)38(51)25-49-36-9-4-3-7-34(36)37(50)23-39(49)53-26-31-6-5-8-35(42)40(31)43/h3-15,22-23,33H,16-21,24-26H2,1-2H3/i2D3,3D,4D,5D,6D,7D,8D,9D,10D,11D,12D,13D,14D,15D,16D2,17D2,18D2,19D2,22D,23D,24D2,25D2,26D2,33D. The number of para-hydroxylation sites is 1. The molecule has 53 heavy (non-hydrogen) atoms. The number of carbonyl (C=O) groups excluding carboxylic acids is 1. The first-order valence-corrected chi connectivity index (χ1v) is 15.2. The van der Waals surface area contributed by atoms with E-state index in [0.717, 1.165) is 0 Å². The number of pyridine rings is 1. The first kappa shape index (κ1) is 14.6. The summed E-state index contributed by atoms with van der Waals surface area (Å²) in [4.78, 5) is 28.6. The van der Waals surface area contributed by atoms with Crippen LogP contribution in [0.25, 0.3) is 22.0 Å². The summed E-state index contributed by atoms with van der Waals surface area (Å²) in [6.07, 6.45) is -15.5. The van der Waals surface area contributed by atoms with Crippen molar-refractivity contribution < 1.29 is 76.7 Å². The van der Waals surface area contributed by atoms with Crippen molar-refractivity contribution in [1.29, 1.82) is 0 Å². The van der Waals surface area contributed by atoms with Gasteiger partial charge in [0.25, 0.3) is 0 Å². The Morgan fingerprint density at radius 1 is 1.02 bits per heavy atom. The van der Waals surface area contributed by atoms with Crippen LogP contribution in [-0.4, -0.2) is 59.5 Å². The van der Waals surface area contributed by atoms with Crippen molar-refractivity contribution in [2.45, 2.75) is 55.6 Å². The molecule has 0 atom stereocenters. The van der Waals surface area contributed by atoms with Crippen LogP contribution in [0.5, 0.6) is 0 Å². The van der Waals surface area contributed by atoms with E-state index in [1.54, 1.807) is 0 Å². The Balaban J connectivity index is 1.86. The Kier molecular flexibility index (Phi) is 4.59. The Hall–Kier alpha value is -4.52. The zero-order chi connectivity index (χ0) is 66.7. The number of rotatable bonds is 12. The Labute approximate surface area is 355 Å². The molecule has 0 bridgehead atoms. The number of alkyl halides is 3. The van der Waals surface area contributed by atoms with Crippen LogP contribution in [0.2, 0.25) is 0 Å². The summed E-state index contributed by atoms with van der Waals surface area (Å²) >= 11 is -0.917. The average molecular weight is 783 g/mol. The minimum atomic E-state index is -5.60. The number of fused-ring (bicyclic) bond motifs is 1. The molecule has 0 unspecified atom stereocenters. The molecule has 1 saturated heterocycles. The van der Waals surface area contributed by atoms with E-state index < -0.39 is 266 Å². The number of thioether (sulfide) groups is 1. The highest BCUT2D eigenvalue weighted by Gasteiger charge is 2.31. The molecule has 0 radical (unpaired) electrons. The van der Waals surface area contributed by atoms with Crippen molar-refractivity contribution >= 4 is 28.6 Å². The molecule has 0 aliphatic carbocycles. The third-order valence-corrected chi connectivity index (χ3v) is 7.40. The number of carbonyl (C=O) groups is 1. The van der Waals surface area contributed by atoms with Crippen molar-refractivity contribution in [2.75, 3.05) is 33.2 Å². The topological polar surface area (TPSA) is 54.8 Å². The van der Waals surface area contributed by atoms with Gasteiger partial charge in [-0.3, -0.25) is 9.59 Å². The predicted molar refractivity (Wildman–Crippen MR) is 198 cm³/mol. The highest BCUT2D eigenvalue weighted by molar-refractivity contribution is 7.98. The molecule has 1 aliphatic rings. The van der Waals surface area contributed by atoms with E-state index >= 15 is 13.6 Å². The number of aromatic nitrogens is 1. The van der Waals surface area contributed by atoms with Gasteiger partial charge in [-0.15, -0.1) is 11.8 Å². The summed E-state index contributed by atoms with van der Waals surface area (Å²) in [5, 5.41) is -3.43. The maximum atomic E-state index is 16.2. The number of benzene rings is 4. The molecule has 1 aliphatic heterocycles. The lowest BCUT2D eigenvalue weighted by Crippen LogP contribution is -2.48. The van der Waals surface area contributed by atoms with Gasteiger partial charge in [-0.25, -0.2) is 8.78 Å². The molecule has 2 heterocycles. The molecule has 6 rings (SSSR count). The van der Waals surface area contributed by atoms with Crippen LogP contribution in [0.15, 0.2) is 100 Å². The lowest BCUT2D eigenvalue weighted by molar-refractivity contribution is -0.137. The third-order valence-electron chi connectivity index (χ3n) is 6.62. The number of piperidine rings is 1. The summed E-state index contributed by atoms with van der Waals surface area (Å²) in [5.74, 6) is -7.94. The quantitative estimate of drug-likeness (QED) is 0.0937. The normalized spacial score (nSPS) is 28.6. The second-order valence-corrected chi connectivity index (χ2v) is 10.9. The summed E-state index contributed by atoms with van der Waals surface area (Å²) in [6.45, 7) is -21.3. The number of hydrogen-bond donors (Lipinski definition) is 0. The fraction of sp³-hybridized carbons (Fsp3) is 0.317. The van der Waals surface area contributed by atoms with Gasteiger partial charge in [0.15, 0.2) is 17.1 Å². The van der Waals surface area contributed by atoms with Crippen molar-refractivity contribution in [2.24, 2.45) is 0 Å². The Morgan fingerprint density at radius 2 is 1.75 bits per heavy atom. The molecule has 1 amide bonds. The van der Waals surface area contributed by atoms with Crippen molar-refractivity contribution in [1.82, 2.24) is 14.4 Å². The highest BCUT2D eigenvalue weighted by atomic mass is 32.2. The maximum Gasteiger partial charge on any atom is 0.416 e. The van der Waals surface area contributed by atoms with Crippen molar-refractivity contribution in [3.05, 3.63) is 135 Å². The molecular formula is C41H40F5N3O3S. The molecule has 1 fully saturated rings. The molecule has 0 saturated carbocycles. The minimum Gasteiger partial charge on any atom is -0.383 e. The van der Waals surface area contributed by atoms with Crippen LogP contribution < -0.4 is 5.43 Å². The van der Waals surface area contributed by atoms with Gasteiger partial charge in [-0.1, -0.05) is 54.4 Å². The molecule has 5 aromatic rings. The maximum absolute atomic E-state index is 16.2. The van der Waals surface area contributed by atoms with E-state index in [-0.39, 0.29) is 0 Å². The van der Waals surface area contributed by atoms with Gasteiger partial charge in [-0.2, -0.15) is 13.2 Å². The summed E-state index contributed by atoms with van der Waals surface area (Å²) < 4.78 is 366. The SMILES string of the molecule is [2H]c1c([2H])c(F)c(F)c(C([2H])([2H])Sc2c([2H])c(=O)c3c([2H])c([2H])c([2H])c([2H])c3n2C([2H])([2H])C(=O)N(C([2H])([2H])c2c([2H])c([2H])c(-c3c([2H])c([2H])c(C(F)(F)F)c([2H])c3[2H])c([2H])c2C)C2([2H])C([2H])([2H])C([2H])([2H])N(CCOC([2H])([2H])[2H])C([2H])([2H])C2([2H])[2H])c1[2H]. The smallest absolute Gasteiger partial charge is 0.383 e. The van der Waals surface area contributed by atoms with Gasteiger partial charge in [0.05, 0.1) is 54.2 Å². The van der Waals surface area contributed by atoms with Crippen LogP contribution in [0.1, 0.15) is 80.2 Å². The number of nitrogens with zero attached hydrogens (tertiary/aromatic N) is 3. The Bertz CT molecular complexity index is 3670.